The highest BCUT2D eigenvalue weighted by Gasteiger charge is 2.33. The maximum absolute atomic E-state index is 13.2. The number of benzene rings is 1. The molecule has 2 aliphatic rings. The zero-order valence-electron chi connectivity index (χ0n) is 16.4. The first-order valence-electron chi connectivity index (χ1n) is 9.62. The number of anilines is 2. The van der Waals surface area contributed by atoms with Crippen LogP contribution in [0.2, 0.25) is 0 Å². The number of amides is 2. The van der Waals surface area contributed by atoms with E-state index in [1.54, 1.807) is 17.6 Å². The first-order chi connectivity index (χ1) is 14.4. The Morgan fingerprint density at radius 1 is 1.23 bits per heavy atom. The third-order valence-electron chi connectivity index (χ3n) is 5.30. The Morgan fingerprint density at radius 2 is 2.00 bits per heavy atom. The molecule has 0 radical (unpaired) electrons. The number of sulfonamides is 1. The third-order valence-corrected chi connectivity index (χ3v) is 7.88. The van der Waals surface area contributed by atoms with Gasteiger partial charge in [0.2, 0.25) is 21.8 Å². The number of nitrogens with one attached hydrogen (secondary N) is 1. The molecule has 0 unspecified atom stereocenters. The van der Waals surface area contributed by atoms with Gasteiger partial charge in [0.05, 0.1) is 17.1 Å². The molecule has 4 rings (SSSR count). The molecule has 0 saturated carbocycles. The Bertz CT molecular complexity index is 1050. The average molecular weight is 451 g/mol. The van der Waals surface area contributed by atoms with Crippen molar-refractivity contribution in [2.45, 2.75) is 24.7 Å². The van der Waals surface area contributed by atoms with Crippen LogP contribution >= 0.6 is 11.3 Å². The van der Waals surface area contributed by atoms with Gasteiger partial charge < -0.3 is 15.0 Å². The lowest BCUT2D eigenvalue weighted by molar-refractivity contribution is -0.121. The number of rotatable bonds is 4. The van der Waals surface area contributed by atoms with Gasteiger partial charge in [-0.05, 0) is 31.0 Å². The van der Waals surface area contributed by atoms with Crippen LogP contribution in [0.25, 0.3) is 0 Å². The summed E-state index contributed by atoms with van der Waals surface area (Å²) in [6.07, 6.45) is 2.49. The summed E-state index contributed by atoms with van der Waals surface area (Å²) in [5.41, 5.74) is 0.465. The molecule has 1 aromatic heterocycles. The molecule has 160 valence electrons. The SMILES string of the molecule is CC(=O)N1CCOc2ccc(S(=O)(=O)N3CCC(C(=O)Nc4nccs4)CC3)cc21. The highest BCUT2D eigenvalue weighted by molar-refractivity contribution is 7.89. The molecule has 11 heteroatoms. The summed E-state index contributed by atoms with van der Waals surface area (Å²) in [4.78, 5) is 30.0. The predicted octanol–water partition coefficient (Wildman–Crippen LogP) is 1.93. The number of carbonyl (C=O) groups excluding carboxylic acids is 2. The topological polar surface area (TPSA) is 109 Å². The second kappa shape index (κ2) is 8.32. The molecule has 1 saturated heterocycles. The molecule has 1 N–H and O–H groups in total. The maximum atomic E-state index is 13.2. The van der Waals surface area contributed by atoms with Crippen LogP contribution in [0.1, 0.15) is 19.8 Å². The zero-order valence-corrected chi connectivity index (χ0v) is 18.0. The van der Waals surface area contributed by atoms with Crippen molar-refractivity contribution in [3.8, 4) is 5.75 Å². The fraction of sp³-hybridized carbons (Fsp3) is 0.421. The van der Waals surface area contributed by atoms with Gasteiger partial charge in [-0.2, -0.15) is 4.31 Å². The zero-order chi connectivity index (χ0) is 21.3. The molecule has 1 aromatic carbocycles. The Hall–Kier alpha value is -2.50. The number of piperidine rings is 1. The van der Waals surface area contributed by atoms with Crippen LogP contribution in [0.5, 0.6) is 5.75 Å². The van der Waals surface area contributed by atoms with Crippen LogP contribution in [0, 0.1) is 5.92 Å². The number of aromatic nitrogens is 1. The number of carbonyl (C=O) groups is 2. The van der Waals surface area contributed by atoms with Gasteiger partial charge in [0.1, 0.15) is 12.4 Å². The largest absolute Gasteiger partial charge is 0.490 e. The van der Waals surface area contributed by atoms with Crippen LogP contribution in [0.4, 0.5) is 10.8 Å². The first-order valence-corrected chi connectivity index (χ1v) is 11.9. The van der Waals surface area contributed by atoms with E-state index < -0.39 is 10.0 Å². The van der Waals surface area contributed by atoms with Gasteiger partial charge in [-0.1, -0.05) is 0 Å². The van der Waals surface area contributed by atoms with E-state index in [1.165, 1.54) is 39.6 Å². The van der Waals surface area contributed by atoms with Gasteiger partial charge in [-0.3, -0.25) is 9.59 Å². The molecule has 3 heterocycles. The minimum Gasteiger partial charge on any atom is -0.490 e. The second-order valence-electron chi connectivity index (χ2n) is 7.15. The lowest BCUT2D eigenvalue weighted by atomic mass is 9.97. The van der Waals surface area contributed by atoms with Crippen molar-refractivity contribution in [1.82, 2.24) is 9.29 Å². The van der Waals surface area contributed by atoms with Crippen LogP contribution in [-0.4, -0.2) is 55.8 Å². The van der Waals surface area contributed by atoms with Crippen molar-refractivity contribution in [3.05, 3.63) is 29.8 Å². The van der Waals surface area contributed by atoms with Crippen LogP contribution in [-0.2, 0) is 19.6 Å². The van der Waals surface area contributed by atoms with Gasteiger partial charge in [-0.15, -0.1) is 11.3 Å². The number of fused-ring (bicyclic) bond motifs is 1. The number of hydrogen-bond acceptors (Lipinski definition) is 7. The van der Waals surface area contributed by atoms with E-state index in [1.807, 2.05) is 0 Å². The lowest BCUT2D eigenvalue weighted by Crippen LogP contribution is -2.41. The van der Waals surface area contributed by atoms with Crippen molar-refractivity contribution >= 4 is 44.0 Å². The van der Waals surface area contributed by atoms with Gasteiger partial charge in [0, 0.05) is 37.5 Å². The maximum Gasteiger partial charge on any atom is 0.243 e. The molecule has 2 amide bonds. The summed E-state index contributed by atoms with van der Waals surface area (Å²) in [7, 11) is -3.75. The molecule has 9 nitrogen and oxygen atoms in total. The van der Waals surface area contributed by atoms with Gasteiger partial charge in [0.15, 0.2) is 5.13 Å². The van der Waals surface area contributed by atoms with Crippen LogP contribution in [0.3, 0.4) is 0 Å². The molecule has 0 atom stereocenters. The van der Waals surface area contributed by atoms with E-state index in [2.05, 4.69) is 10.3 Å². The molecular formula is C19H22N4O5S2. The molecule has 2 aromatic rings. The molecule has 0 aliphatic carbocycles. The molecule has 0 spiro atoms. The van der Waals surface area contributed by atoms with Gasteiger partial charge >= 0.3 is 0 Å². The minimum absolute atomic E-state index is 0.115. The predicted molar refractivity (Wildman–Crippen MR) is 112 cm³/mol. The number of ether oxygens (including phenoxy) is 1. The number of hydrogen-bond donors (Lipinski definition) is 1. The summed E-state index contributed by atoms with van der Waals surface area (Å²) in [5.74, 6) is -0.0652. The Labute approximate surface area is 178 Å². The van der Waals surface area contributed by atoms with Crippen molar-refractivity contribution in [3.63, 3.8) is 0 Å². The minimum atomic E-state index is -3.75. The highest BCUT2D eigenvalue weighted by atomic mass is 32.2. The van der Waals surface area contributed by atoms with E-state index >= 15 is 0 Å². The monoisotopic (exact) mass is 450 g/mol. The first kappa shape index (κ1) is 20.8. The van der Waals surface area contributed by atoms with Crippen LogP contribution < -0.4 is 15.0 Å². The van der Waals surface area contributed by atoms with Crippen molar-refractivity contribution in [2.75, 3.05) is 36.5 Å². The molecular weight excluding hydrogens is 428 g/mol. The smallest absolute Gasteiger partial charge is 0.243 e. The van der Waals surface area contributed by atoms with Crippen molar-refractivity contribution in [2.24, 2.45) is 5.92 Å². The number of thiazole rings is 1. The molecule has 0 bridgehead atoms. The van der Waals surface area contributed by atoms with Crippen LogP contribution in [0.15, 0.2) is 34.7 Å². The Kier molecular flexibility index (Phi) is 5.76. The quantitative estimate of drug-likeness (QED) is 0.762. The van der Waals surface area contributed by atoms with E-state index in [9.17, 15) is 18.0 Å². The molecule has 2 aliphatic heterocycles. The normalized spacial score (nSPS) is 17.8. The second-order valence-corrected chi connectivity index (χ2v) is 9.99. The van der Waals surface area contributed by atoms with E-state index in [4.69, 9.17) is 4.74 Å². The third kappa shape index (κ3) is 4.05. The van der Waals surface area contributed by atoms with Gasteiger partial charge in [0.25, 0.3) is 0 Å². The van der Waals surface area contributed by atoms with E-state index in [0.29, 0.717) is 42.6 Å². The van der Waals surface area contributed by atoms with Crippen molar-refractivity contribution in [1.29, 1.82) is 0 Å². The fourth-order valence-corrected chi connectivity index (χ4v) is 5.71. The summed E-state index contributed by atoms with van der Waals surface area (Å²) >= 11 is 1.34. The summed E-state index contributed by atoms with van der Waals surface area (Å²) in [5, 5.41) is 5.10. The van der Waals surface area contributed by atoms with E-state index in [-0.39, 0.29) is 35.7 Å². The fourth-order valence-electron chi connectivity index (χ4n) is 3.69. The summed E-state index contributed by atoms with van der Waals surface area (Å²) in [6, 6.07) is 4.58. The Balaban J connectivity index is 1.47. The average Bonchev–Trinajstić information content (AvgIpc) is 3.26. The summed E-state index contributed by atoms with van der Waals surface area (Å²) < 4.78 is 33.3. The number of nitrogens with zero attached hydrogens (tertiary/aromatic N) is 3. The standard InChI is InChI=1S/C19H22N4O5S2/c1-13(24)23-9-10-28-17-3-2-15(12-16(17)23)30(26,27)22-7-4-14(5-8-22)18(25)21-19-20-6-11-29-19/h2-3,6,11-12,14H,4-5,7-10H2,1H3,(H,20,21,25). The Morgan fingerprint density at radius 3 is 2.67 bits per heavy atom. The highest BCUT2D eigenvalue weighted by Crippen LogP contribution is 2.35. The lowest BCUT2D eigenvalue weighted by Gasteiger charge is -2.32. The summed E-state index contributed by atoms with van der Waals surface area (Å²) in [6.45, 7) is 2.70. The van der Waals surface area contributed by atoms with Crippen molar-refractivity contribution < 1.29 is 22.7 Å². The molecule has 30 heavy (non-hydrogen) atoms. The van der Waals surface area contributed by atoms with Gasteiger partial charge in [-0.25, -0.2) is 13.4 Å². The van der Waals surface area contributed by atoms with E-state index in [0.717, 1.165) is 0 Å². The molecule has 1 fully saturated rings.